The molecule has 7 heteroatoms. The van der Waals surface area contributed by atoms with Crippen LogP contribution in [0.25, 0.3) is 0 Å². The molecule has 0 aromatic carbocycles. The molecule has 1 rings (SSSR count). The van der Waals surface area contributed by atoms with E-state index in [2.05, 4.69) is 27.0 Å². The molecule has 132 valence electrons. The molecule has 1 saturated heterocycles. The van der Waals surface area contributed by atoms with Gasteiger partial charge in [-0.05, 0) is 47.0 Å². The SMILES string of the molecule is CC(C)(Br)C(=O)NC(=O)C=C([NH3+])C(C)(C)COC1CCCCO1. The maximum absolute atomic E-state index is 11.9. The molecule has 4 N–H and O–H groups in total. The predicted octanol–water partition coefficient (Wildman–Crippen LogP) is 1.50. The summed E-state index contributed by atoms with van der Waals surface area (Å²) in [6.45, 7) is 8.36. The highest BCUT2D eigenvalue weighted by atomic mass is 79.9. The second-order valence-corrected chi connectivity index (χ2v) is 8.93. The summed E-state index contributed by atoms with van der Waals surface area (Å²) in [5, 5.41) is 2.32. The molecule has 23 heavy (non-hydrogen) atoms. The lowest BCUT2D eigenvalue weighted by atomic mass is 9.90. The van der Waals surface area contributed by atoms with E-state index in [9.17, 15) is 9.59 Å². The van der Waals surface area contributed by atoms with Gasteiger partial charge in [-0.3, -0.25) is 14.9 Å². The molecule has 1 fully saturated rings. The number of alkyl halides is 1. The highest BCUT2D eigenvalue weighted by Crippen LogP contribution is 2.24. The van der Waals surface area contributed by atoms with Crippen LogP contribution in [0.2, 0.25) is 0 Å². The van der Waals surface area contributed by atoms with E-state index in [1.165, 1.54) is 6.08 Å². The van der Waals surface area contributed by atoms with Crippen LogP contribution in [0.1, 0.15) is 47.0 Å². The minimum Gasteiger partial charge on any atom is -0.353 e. The van der Waals surface area contributed by atoms with Crippen molar-refractivity contribution in [2.75, 3.05) is 13.2 Å². The molecule has 0 aromatic heterocycles. The van der Waals surface area contributed by atoms with Crippen LogP contribution in [-0.4, -0.2) is 35.6 Å². The number of rotatable bonds is 6. The molecular weight excluding hydrogens is 364 g/mol. The fraction of sp³-hybridized carbons (Fsp3) is 0.750. The number of amides is 2. The molecule has 1 heterocycles. The van der Waals surface area contributed by atoms with Gasteiger partial charge in [0.05, 0.1) is 22.4 Å². The number of hydrogen-bond donors (Lipinski definition) is 2. The minimum absolute atomic E-state index is 0.180. The Balaban J connectivity index is 2.56. The summed E-state index contributed by atoms with van der Waals surface area (Å²) in [7, 11) is 0. The first-order valence-electron chi connectivity index (χ1n) is 7.84. The molecular formula is C16H28BrN2O4+. The van der Waals surface area contributed by atoms with Crippen LogP contribution in [-0.2, 0) is 19.1 Å². The van der Waals surface area contributed by atoms with Crippen LogP contribution >= 0.6 is 15.9 Å². The van der Waals surface area contributed by atoms with Crippen LogP contribution in [0, 0.1) is 5.41 Å². The van der Waals surface area contributed by atoms with Gasteiger partial charge < -0.3 is 15.2 Å². The van der Waals surface area contributed by atoms with Crippen molar-refractivity contribution >= 4 is 27.7 Å². The summed E-state index contributed by atoms with van der Waals surface area (Å²) in [5.41, 5.74) is 4.12. The number of imide groups is 1. The van der Waals surface area contributed by atoms with Crippen LogP contribution in [0.5, 0.6) is 0 Å². The quantitative estimate of drug-likeness (QED) is 0.529. The van der Waals surface area contributed by atoms with Crippen molar-refractivity contribution in [1.82, 2.24) is 5.32 Å². The van der Waals surface area contributed by atoms with Crippen molar-refractivity contribution < 1.29 is 24.8 Å². The average Bonchev–Trinajstić information content (AvgIpc) is 2.45. The van der Waals surface area contributed by atoms with Gasteiger partial charge in [0.1, 0.15) is 5.70 Å². The maximum Gasteiger partial charge on any atom is 0.256 e. The van der Waals surface area contributed by atoms with E-state index in [-0.39, 0.29) is 6.29 Å². The van der Waals surface area contributed by atoms with Gasteiger partial charge in [0, 0.05) is 6.61 Å². The van der Waals surface area contributed by atoms with Crippen LogP contribution in [0.15, 0.2) is 11.8 Å². The van der Waals surface area contributed by atoms with Crippen molar-refractivity contribution in [1.29, 1.82) is 0 Å². The Kier molecular flexibility index (Phi) is 7.38. The van der Waals surface area contributed by atoms with Gasteiger partial charge in [-0.1, -0.05) is 15.9 Å². The van der Waals surface area contributed by atoms with Gasteiger partial charge in [-0.2, -0.15) is 0 Å². The topological polar surface area (TPSA) is 92.3 Å². The third-order valence-electron chi connectivity index (χ3n) is 3.72. The van der Waals surface area contributed by atoms with E-state index in [0.29, 0.717) is 12.3 Å². The smallest absolute Gasteiger partial charge is 0.256 e. The predicted molar refractivity (Wildman–Crippen MR) is 90.5 cm³/mol. The van der Waals surface area contributed by atoms with Crippen molar-refractivity contribution in [2.24, 2.45) is 5.41 Å². The van der Waals surface area contributed by atoms with Crippen molar-refractivity contribution in [3.8, 4) is 0 Å². The highest BCUT2D eigenvalue weighted by molar-refractivity contribution is 9.10. The van der Waals surface area contributed by atoms with Crippen molar-refractivity contribution in [2.45, 2.75) is 57.6 Å². The number of hydrogen-bond acceptors (Lipinski definition) is 4. The Morgan fingerprint density at radius 3 is 2.52 bits per heavy atom. The molecule has 0 saturated carbocycles. The third kappa shape index (κ3) is 7.12. The van der Waals surface area contributed by atoms with Crippen LogP contribution in [0.4, 0.5) is 0 Å². The number of nitrogens with one attached hydrogen (secondary N) is 1. The number of halogens is 1. The molecule has 6 nitrogen and oxygen atoms in total. The Morgan fingerprint density at radius 1 is 1.35 bits per heavy atom. The van der Waals surface area contributed by atoms with E-state index in [0.717, 1.165) is 25.9 Å². The zero-order valence-electron chi connectivity index (χ0n) is 14.4. The first-order chi connectivity index (χ1) is 10.5. The van der Waals surface area contributed by atoms with E-state index in [1.807, 2.05) is 13.8 Å². The summed E-state index contributed by atoms with van der Waals surface area (Å²) in [6.07, 6.45) is 4.23. The van der Waals surface area contributed by atoms with E-state index in [1.54, 1.807) is 13.8 Å². The zero-order chi connectivity index (χ0) is 17.7. The van der Waals surface area contributed by atoms with Crippen LogP contribution in [0.3, 0.4) is 0 Å². The zero-order valence-corrected chi connectivity index (χ0v) is 16.0. The standard InChI is InChI=1S/C16H27BrN2O4/c1-15(2,10-23-13-7-5-6-8-22-13)11(18)9-12(20)19-14(21)16(3,4)17/h9,13H,5-8,10,18H2,1-4H3,(H,19,20,21)/p+1. The summed E-state index contributed by atoms with van der Waals surface area (Å²) in [6, 6.07) is 0. The summed E-state index contributed by atoms with van der Waals surface area (Å²) >= 11 is 3.21. The number of quaternary nitrogens is 1. The molecule has 1 unspecified atom stereocenters. The Bertz CT molecular complexity index is 463. The molecule has 0 spiro atoms. The highest BCUT2D eigenvalue weighted by Gasteiger charge is 2.29. The number of ether oxygens (including phenoxy) is 2. The fourth-order valence-corrected chi connectivity index (χ4v) is 1.99. The first-order valence-corrected chi connectivity index (χ1v) is 8.63. The molecule has 2 amide bonds. The molecule has 1 aliphatic rings. The summed E-state index contributed by atoms with van der Waals surface area (Å²) < 4.78 is 10.5. The normalized spacial score (nSPS) is 20.3. The second kappa shape index (κ2) is 8.37. The van der Waals surface area contributed by atoms with Gasteiger partial charge in [-0.15, -0.1) is 0 Å². The molecule has 0 bridgehead atoms. The molecule has 0 aliphatic carbocycles. The largest absolute Gasteiger partial charge is 0.353 e. The first kappa shape index (κ1) is 20.3. The molecule has 0 radical (unpaired) electrons. The van der Waals surface area contributed by atoms with Crippen molar-refractivity contribution in [3.05, 3.63) is 11.8 Å². The monoisotopic (exact) mass is 391 g/mol. The minimum atomic E-state index is -0.797. The van der Waals surface area contributed by atoms with Gasteiger partial charge in [0.2, 0.25) is 5.91 Å². The van der Waals surface area contributed by atoms with Crippen molar-refractivity contribution in [3.63, 3.8) is 0 Å². The average molecular weight is 392 g/mol. The molecule has 1 atom stereocenters. The number of carbonyl (C=O) groups excluding carboxylic acids is 2. The van der Waals surface area contributed by atoms with Crippen LogP contribution < -0.4 is 11.1 Å². The van der Waals surface area contributed by atoms with Gasteiger partial charge in [0.15, 0.2) is 6.29 Å². The maximum atomic E-state index is 11.9. The number of carbonyl (C=O) groups is 2. The van der Waals surface area contributed by atoms with Gasteiger partial charge >= 0.3 is 0 Å². The third-order valence-corrected chi connectivity index (χ3v) is 4.08. The van der Waals surface area contributed by atoms with Gasteiger partial charge in [0.25, 0.3) is 5.91 Å². The summed E-state index contributed by atoms with van der Waals surface area (Å²) in [5.74, 6) is -0.870. The van der Waals surface area contributed by atoms with E-state index in [4.69, 9.17) is 9.47 Å². The molecule has 1 aliphatic heterocycles. The lowest BCUT2D eigenvalue weighted by Gasteiger charge is -2.28. The molecule has 0 aromatic rings. The lowest BCUT2D eigenvalue weighted by molar-refractivity contribution is -0.329. The fourth-order valence-electron chi connectivity index (χ4n) is 1.89. The lowest BCUT2D eigenvalue weighted by Crippen LogP contribution is -2.56. The van der Waals surface area contributed by atoms with Gasteiger partial charge in [-0.25, -0.2) is 0 Å². The Hall–Kier alpha value is -0.760. The Morgan fingerprint density at radius 2 is 2.00 bits per heavy atom. The second-order valence-electron chi connectivity index (χ2n) is 6.95. The van der Waals surface area contributed by atoms with E-state index < -0.39 is 21.6 Å². The summed E-state index contributed by atoms with van der Waals surface area (Å²) in [4.78, 5) is 23.7. The Labute approximate surface area is 146 Å². The van der Waals surface area contributed by atoms with E-state index >= 15 is 0 Å².